The highest BCUT2D eigenvalue weighted by molar-refractivity contribution is 9.10. The Balaban J connectivity index is 2.42. The number of hydrogen-bond acceptors (Lipinski definition) is 3. The first-order valence-electron chi connectivity index (χ1n) is 5.51. The number of anilines is 1. The van der Waals surface area contributed by atoms with E-state index in [1.54, 1.807) is 7.11 Å². The van der Waals surface area contributed by atoms with Crippen LogP contribution in [0.15, 0.2) is 22.7 Å². The molecule has 17 heavy (non-hydrogen) atoms. The molecule has 1 aromatic rings. The van der Waals surface area contributed by atoms with Crippen LogP contribution in [0, 0.1) is 0 Å². The fourth-order valence-electron chi connectivity index (χ4n) is 1.38. The minimum absolute atomic E-state index is 0.0626. The zero-order valence-electron chi connectivity index (χ0n) is 10.0. The van der Waals surface area contributed by atoms with Crippen LogP contribution in [0.4, 0.5) is 5.69 Å². The van der Waals surface area contributed by atoms with E-state index in [9.17, 15) is 4.79 Å². The number of methoxy groups -OCH3 is 1. The van der Waals surface area contributed by atoms with Crippen molar-refractivity contribution in [3.63, 3.8) is 0 Å². The number of amides is 1. The molecule has 5 heteroatoms. The van der Waals surface area contributed by atoms with E-state index in [1.807, 2.05) is 25.1 Å². The molecule has 0 heterocycles. The second-order valence-corrected chi connectivity index (χ2v) is 4.33. The van der Waals surface area contributed by atoms with E-state index < -0.39 is 0 Å². The van der Waals surface area contributed by atoms with Crippen molar-refractivity contribution in [3.05, 3.63) is 22.7 Å². The summed E-state index contributed by atoms with van der Waals surface area (Å²) in [5, 5.41) is 5.93. The molecular formula is C12H17BrN2O2. The zero-order valence-corrected chi connectivity index (χ0v) is 11.6. The lowest BCUT2D eigenvalue weighted by Crippen LogP contribution is -2.24. The number of carbonyl (C=O) groups excluding carboxylic acids is 1. The number of ether oxygens (including phenoxy) is 1. The third-order valence-corrected chi connectivity index (χ3v) is 2.83. The van der Waals surface area contributed by atoms with Gasteiger partial charge >= 0.3 is 0 Å². The summed E-state index contributed by atoms with van der Waals surface area (Å²) >= 11 is 3.41. The molecule has 2 N–H and O–H groups in total. The normalized spacial score (nSPS) is 9.82. The average Bonchev–Trinajstić information content (AvgIpc) is 2.29. The summed E-state index contributed by atoms with van der Waals surface area (Å²) in [5.74, 6) is 0.854. The van der Waals surface area contributed by atoms with Crippen LogP contribution in [-0.4, -0.2) is 26.1 Å². The number of carbonyl (C=O) groups is 1. The molecule has 0 unspecified atom stereocenters. The van der Waals surface area contributed by atoms with Gasteiger partial charge in [0.15, 0.2) is 0 Å². The molecule has 0 spiro atoms. The van der Waals surface area contributed by atoms with Crippen LogP contribution in [0.5, 0.6) is 5.75 Å². The highest BCUT2D eigenvalue weighted by atomic mass is 79.9. The maximum Gasteiger partial charge on any atom is 0.221 e. The Labute approximate surface area is 110 Å². The summed E-state index contributed by atoms with van der Waals surface area (Å²) in [4.78, 5) is 11.2. The molecule has 0 aliphatic rings. The van der Waals surface area contributed by atoms with Crippen molar-refractivity contribution in [3.8, 4) is 5.75 Å². The van der Waals surface area contributed by atoms with E-state index in [0.29, 0.717) is 19.5 Å². The highest BCUT2D eigenvalue weighted by Crippen LogP contribution is 2.27. The third kappa shape index (κ3) is 4.65. The Morgan fingerprint density at radius 2 is 2.24 bits per heavy atom. The Morgan fingerprint density at radius 1 is 1.47 bits per heavy atom. The van der Waals surface area contributed by atoms with Gasteiger partial charge in [-0.05, 0) is 41.1 Å². The summed E-state index contributed by atoms with van der Waals surface area (Å²) in [6, 6.07) is 5.72. The lowest BCUT2D eigenvalue weighted by molar-refractivity contribution is -0.120. The highest BCUT2D eigenvalue weighted by Gasteiger charge is 2.02. The first kappa shape index (κ1) is 13.8. The summed E-state index contributed by atoms with van der Waals surface area (Å²) in [6.45, 7) is 3.20. The van der Waals surface area contributed by atoms with Crippen molar-refractivity contribution in [2.75, 3.05) is 25.5 Å². The molecule has 0 bridgehead atoms. The summed E-state index contributed by atoms with van der Waals surface area (Å²) in [5.41, 5.74) is 0.960. The van der Waals surface area contributed by atoms with E-state index >= 15 is 0 Å². The molecule has 0 aromatic heterocycles. The van der Waals surface area contributed by atoms with E-state index in [4.69, 9.17) is 4.74 Å². The van der Waals surface area contributed by atoms with Gasteiger partial charge in [-0.25, -0.2) is 0 Å². The lowest BCUT2D eigenvalue weighted by atomic mass is 10.3. The maximum absolute atomic E-state index is 11.2. The topological polar surface area (TPSA) is 50.4 Å². The van der Waals surface area contributed by atoms with Gasteiger partial charge < -0.3 is 15.4 Å². The molecule has 0 aliphatic heterocycles. The SMILES string of the molecule is CCNC(=O)CCNc1ccc(OC)c(Br)c1. The maximum atomic E-state index is 11.2. The Bertz CT molecular complexity index is 383. The monoisotopic (exact) mass is 300 g/mol. The molecule has 1 amide bonds. The number of nitrogens with one attached hydrogen (secondary N) is 2. The fourth-order valence-corrected chi connectivity index (χ4v) is 1.92. The molecule has 0 saturated carbocycles. The van der Waals surface area contributed by atoms with Crippen LogP contribution in [0.2, 0.25) is 0 Å². The van der Waals surface area contributed by atoms with E-state index in [1.165, 1.54) is 0 Å². The van der Waals surface area contributed by atoms with Crippen molar-refractivity contribution in [1.29, 1.82) is 0 Å². The average molecular weight is 301 g/mol. The molecular weight excluding hydrogens is 284 g/mol. The van der Waals surface area contributed by atoms with Crippen molar-refractivity contribution < 1.29 is 9.53 Å². The molecule has 0 radical (unpaired) electrons. The van der Waals surface area contributed by atoms with Gasteiger partial charge in [0.2, 0.25) is 5.91 Å². The summed E-state index contributed by atoms with van der Waals surface area (Å²) in [6.07, 6.45) is 0.470. The second-order valence-electron chi connectivity index (χ2n) is 3.48. The van der Waals surface area contributed by atoms with Crippen LogP contribution < -0.4 is 15.4 Å². The van der Waals surface area contributed by atoms with Crippen LogP contribution in [-0.2, 0) is 4.79 Å². The van der Waals surface area contributed by atoms with Gasteiger partial charge in [-0.3, -0.25) is 4.79 Å². The molecule has 0 saturated heterocycles. The first-order chi connectivity index (χ1) is 8.17. The van der Waals surface area contributed by atoms with Crippen LogP contribution in [0.25, 0.3) is 0 Å². The molecule has 94 valence electrons. The third-order valence-electron chi connectivity index (χ3n) is 2.21. The van der Waals surface area contributed by atoms with Crippen LogP contribution in [0.1, 0.15) is 13.3 Å². The molecule has 0 fully saturated rings. The van der Waals surface area contributed by atoms with Gasteiger partial charge in [-0.15, -0.1) is 0 Å². The number of benzene rings is 1. The van der Waals surface area contributed by atoms with E-state index in [0.717, 1.165) is 15.9 Å². The van der Waals surface area contributed by atoms with Crippen molar-refractivity contribution in [1.82, 2.24) is 5.32 Å². The lowest BCUT2D eigenvalue weighted by Gasteiger charge is -2.09. The fraction of sp³-hybridized carbons (Fsp3) is 0.417. The van der Waals surface area contributed by atoms with Gasteiger partial charge in [0.1, 0.15) is 5.75 Å². The van der Waals surface area contributed by atoms with Gasteiger partial charge in [-0.2, -0.15) is 0 Å². The predicted octanol–water partition coefficient (Wildman–Crippen LogP) is 2.40. The number of hydrogen-bond donors (Lipinski definition) is 2. The van der Waals surface area contributed by atoms with Gasteiger partial charge in [0.25, 0.3) is 0 Å². The van der Waals surface area contributed by atoms with Crippen molar-refractivity contribution in [2.45, 2.75) is 13.3 Å². The molecule has 0 aliphatic carbocycles. The van der Waals surface area contributed by atoms with Crippen LogP contribution >= 0.6 is 15.9 Å². The zero-order chi connectivity index (χ0) is 12.7. The smallest absolute Gasteiger partial charge is 0.221 e. The Kier molecular flexibility index (Phi) is 5.83. The number of halogens is 1. The minimum atomic E-state index is 0.0626. The van der Waals surface area contributed by atoms with Crippen LogP contribution in [0.3, 0.4) is 0 Å². The van der Waals surface area contributed by atoms with Gasteiger partial charge in [0.05, 0.1) is 11.6 Å². The van der Waals surface area contributed by atoms with Crippen molar-refractivity contribution >= 4 is 27.5 Å². The predicted molar refractivity (Wildman–Crippen MR) is 72.5 cm³/mol. The number of rotatable bonds is 6. The Hall–Kier alpha value is -1.23. The standard InChI is InChI=1S/C12H17BrN2O2/c1-3-14-12(16)6-7-15-9-4-5-11(17-2)10(13)8-9/h4-5,8,15H,3,6-7H2,1-2H3,(H,14,16). The Morgan fingerprint density at radius 3 is 2.82 bits per heavy atom. The largest absolute Gasteiger partial charge is 0.496 e. The molecule has 1 rings (SSSR count). The minimum Gasteiger partial charge on any atom is -0.496 e. The summed E-state index contributed by atoms with van der Waals surface area (Å²) in [7, 11) is 1.63. The quantitative estimate of drug-likeness (QED) is 0.848. The second kappa shape index (κ2) is 7.17. The van der Waals surface area contributed by atoms with E-state index in [2.05, 4.69) is 26.6 Å². The van der Waals surface area contributed by atoms with Crippen molar-refractivity contribution in [2.24, 2.45) is 0 Å². The van der Waals surface area contributed by atoms with E-state index in [-0.39, 0.29) is 5.91 Å². The van der Waals surface area contributed by atoms with Gasteiger partial charge in [-0.1, -0.05) is 0 Å². The first-order valence-corrected chi connectivity index (χ1v) is 6.30. The molecule has 1 aromatic carbocycles. The van der Waals surface area contributed by atoms with Gasteiger partial charge in [0, 0.05) is 25.2 Å². The molecule has 0 atom stereocenters. The summed E-state index contributed by atoms with van der Waals surface area (Å²) < 4.78 is 6.03. The molecule has 4 nitrogen and oxygen atoms in total.